The Morgan fingerprint density at radius 1 is 1.30 bits per heavy atom. The Balaban J connectivity index is 1.66. The van der Waals surface area contributed by atoms with Crippen LogP contribution in [0.1, 0.15) is 30.1 Å². The van der Waals surface area contributed by atoms with Gasteiger partial charge in [-0.25, -0.2) is 4.39 Å². The molecular formula is C21H26FN3O2. The van der Waals surface area contributed by atoms with Crippen molar-refractivity contribution in [2.45, 2.75) is 19.0 Å². The van der Waals surface area contributed by atoms with E-state index in [1.807, 2.05) is 31.2 Å². The highest BCUT2D eigenvalue weighted by Gasteiger charge is 2.27. The number of hydrogen-bond acceptors (Lipinski definition) is 4. The first-order chi connectivity index (χ1) is 13.1. The first-order valence-electron chi connectivity index (χ1n) is 9.21. The Kier molecular flexibility index (Phi) is 6.42. The fraction of sp³-hybridized carbons (Fsp3) is 0.381. The van der Waals surface area contributed by atoms with Gasteiger partial charge in [0.1, 0.15) is 11.6 Å². The Hall–Kier alpha value is -2.44. The van der Waals surface area contributed by atoms with Gasteiger partial charge in [-0.05, 0) is 30.7 Å². The molecule has 144 valence electrons. The minimum atomic E-state index is -0.280. The fourth-order valence-corrected chi connectivity index (χ4v) is 3.49. The topological polar surface area (TPSA) is 53.6 Å². The summed E-state index contributed by atoms with van der Waals surface area (Å²) in [7, 11) is 1.66. The first-order valence-corrected chi connectivity index (χ1v) is 9.21. The molecule has 5 nitrogen and oxygen atoms in total. The van der Waals surface area contributed by atoms with Crippen LogP contribution in [0.25, 0.3) is 0 Å². The number of carbonyl (C=O) groups excluding carboxylic acids is 1. The van der Waals surface area contributed by atoms with Crippen LogP contribution in [0.15, 0.2) is 48.5 Å². The van der Waals surface area contributed by atoms with E-state index in [9.17, 15) is 9.18 Å². The second-order valence-corrected chi connectivity index (χ2v) is 6.77. The molecule has 0 aliphatic carbocycles. The van der Waals surface area contributed by atoms with E-state index < -0.39 is 0 Å². The minimum absolute atomic E-state index is 0.0476. The monoisotopic (exact) mass is 371 g/mol. The molecule has 0 bridgehead atoms. The van der Waals surface area contributed by atoms with Gasteiger partial charge in [0.2, 0.25) is 5.91 Å². The zero-order chi connectivity index (χ0) is 19.2. The average molecular weight is 371 g/mol. The van der Waals surface area contributed by atoms with Crippen molar-refractivity contribution < 1.29 is 13.9 Å². The molecule has 3 rings (SSSR count). The largest absolute Gasteiger partial charge is 0.496 e. The highest BCUT2D eigenvalue weighted by atomic mass is 19.1. The highest BCUT2D eigenvalue weighted by molar-refractivity contribution is 5.78. The lowest BCUT2D eigenvalue weighted by atomic mass is 10.0. The van der Waals surface area contributed by atoms with Crippen molar-refractivity contribution in [3.63, 3.8) is 0 Å². The number of nitrogens with zero attached hydrogens (tertiary/aromatic N) is 1. The summed E-state index contributed by atoms with van der Waals surface area (Å²) >= 11 is 0. The number of carbonyl (C=O) groups is 1. The van der Waals surface area contributed by atoms with Crippen molar-refractivity contribution in [1.82, 2.24) is 15.5 Å². The van der Waals surface area contributed by atoms with Crippen molar-refractivity contribution in [3.8, 4) is 5.75 Å². The predicted octanol–water partition coefficient (Wildman–Crippen LogP) is 2.66. The molecule has 0 radical (unpaired) electrons. The van der Waals surface area contributed by atoms with Crippen LogP contribution < -0.4 is 15.4 Å². The number of para-hydroxylation sites is 1. The molecule has 2 aromatic rings. The standard InChI is InChI=1S/C21H26FN3O2/c1-15(16-7-9-17(22)10-8-16)24-21(26)14-25-12-11-23-13-19(25)18-5-3-4-6-20(18)27-2/h3-10,15,19,23H,11-14H2,1-2H3,(H,24,26). The molecule has 1 saturated heterocycles. The van der Waals surface area contributed by atoms with E-state index in [0.717, 1.165) is 36.5 Å². The van der Waals surface area contributed by atoms with Crippen molar-refractivity contribution in [2.75, 3.05) is 33.3 Å². The van der Waals surface area contributed by atoms with E-state index in [1.165, 1.54) is 12.1 Å². The molecule has 2 N–H and O–H groups in total. The molecule has 0 spiro atoms. The normalized spacial score (nSPS) is 18.7. The second kappa shape index (κ2) is 8.97. The van der Waals surface area contributed by atoms with E-state index in [0.29, 0.717) is 6.54 Å². The average Bonchev–Trinajstić information content (AvgIpc) is 2.68. The lowest BCUT2D eigenvalue weighted by molar-refractivity contribution is -0.123. The van der Waals surface area contributed by atoms with Crippen LogP contribution >= 0.6 is 0 Å². The van der Waals surface area contributed by atoms with E-state index in [1.54, 1.807) is 19.2 Å². The molecule has 27 heavy (non-hydrogen) atoms. The molecular weight excluding hydrogens is 345 g/mol. The molecule has 1 aliphatic rings. The van der Waals surface area contributed by atoms with Gasteiger partial charge in [-0.1, -0.05) is 30.3 Å². The van der Waals surface area contributed by atoms with Gasteiger partial charge in [0.25, 0.3) is 0 Å². The Morgan fingerprint density at radius 2 is 2.04 bits per heavy atom. The number of hydrogen-bond donors (Lipinski definition) is 2. The Labute approximate surface area is 159 Å². The van der Waals surface area contributed by atoms with Crippen LogP contribution in [0, 0.1) is 5.82 Å². The summed E-state index contributed by atoms with van der Waals surface area (Å²) in [6.45, 7) is 4.59. The maximum absolute atomic E-state index is 13.1. The molecule has 2 aromatic carbocycles. The molecule has 2 atom stereocenters. The fourth-order valence-electron chi connectivity index (χ4n) is 3.49. The van der Waals surface area contributed by atoms with Crippen LogP contribution in [0.2, 0.25) is 0 Å². The number of nitrogens with one attached hydrogen (secondary N) is 2. The van der Waals surface area contributed by atoms with Gasteiger partial charge in [0, 0.05) is 25.2 Å². The van der Waals surface area contributed by atoms with Crippen molar-refractivity contribution in [2.24, 2.45) is 0 Å². The van der Waals surface area contributed by atoms with Gasteiger partial charge in [0.05, 0.1) is 25.7 Å². The van der Waals surface area contributed by atoms with Crippen LogP contribution in [0.5, 0.6) is 5.75 Å². The molecule has 1 amide bonds. The van der Waals surface area contributed by atoms with E-state index in [-0.39, 0.29) is 23.8 Å². The van der Waals surface area contributed by atoms with E-state index >= 15 is 0 Å². The van der Waals surface area contributed by atoms with Gasteiger partial charge in [-0.2, -0.15) is 0 Å². The van der Waals surface area contributed by atoms with Gasteiger partial charge in [0.15, 0.2) is 0 Å². The van der Waals surface area contributed by atoms with Gasteiger partial charge in [-0.15, -0.1) is 0 Å². The lowest BCUT2D eigenvalue weighted by Crippen LogP contribution is -2.49. The number of benzene rings is 2. The molecule has 0 saturated carbocycles. The number of rotatable bonds is 6. The third-order valence-corrected chi connectivity index (χ3v) is 4.95. The quantitative estimate of drug-likeness (QED) is 0.820. The summed E-state index contributed by atoms with van der Waals surface area (Å²) in [4.78, 5) is 14.8. The zero-order valence-electron chi connectivity index (χ0n) is 15.7. The summed E-state index contributed by atoms with van der Waals surface area (Å²) in [5, 5.41) is 6.40. The number of amides is 1. The Morgan fingerprint density at radius 3 is 2.78 bits per heavy atom. The van der Waals surface area contributed by atoms with Gasteiger partial charge >= 0.3 is 0 Å². The van der Waals surface area contributed by atoms with Crippen molar-refractivity contribution >= 4 is 5.91 Å². The van der Waals surface area contributed by atoms with Crippen molar-refractivity contribution in [3.05, 3.63) is 65.5 Å². The van der Waals surface area contributed by atoms with Crippen molar-refractivity contribution in [1.29, 1.82) is 0 Å². The first kappa shape index (κ1) is 19.3. The minimum Gasteiger partial charge on any atom is -0.496 e. The van der Waals surface area contributed by atoms with Crippen LogP contribution in [-0.4, -0.2) is 44.1 Å². The number of ether oxygens (including phenoxy) is 1. The summed E-state index contributed by atoms with van der Waals surface area (Å²) in [6, 6.07) is 14.0. The molecule has 2 unspecified atom stereocenters. The van der Waals surface area contributed by atoms with Gasteiger partial charge < -0.3 is 15.4 Å². The van der Waals surface area contributed by atoms with Gasteiger partial charge in [-0.3, -0.25) is 9.69 Å². The summed E-state index contributed by atoms with van der Waals surface area (Å²) in [5.74, 6) is 0.502. The zero-order valence-corrected chi connectivity index (χ0v) is 15.7. The summed E-state index contributed by atoms with van der Waals surface area (Å²) in [5.41, 5.74) is 1.96. The molecule has 1 heterocycles. The summed E-state index contributed by atoms with van der Waals surface area (Å²) in [6.07, 6.45) is 0. The number of methoxy groups -OCH3 is 1. The SMILES string of the molecule is COc1ccccc1C1CNCCN1CC(=O)NC(C)c1ccc(F)cc1. The number of halogens is 1. The van der Waals surface area contributed by atoms with E-state index in [2.05, 4.69) is 15.5 Å². The van der Waals surface area contributed by atoms with Crippen LogP contribution in [0.4, 0.5) is 4.39 Å². The molecule has 1 aliphatic heterocycles. The van der Waals surface area contributed by atoms with Crippen LogP contribution in [-0.2, 0) is 4.79 Å². The maximum atomic E-state index is 13.1. The van der Waals surface area contributed by atoms with Crippen LogP contribution in [0.3, 0.4) is 0 Å². The predicted molar refractivity (Wildman–Crippen MR) is 103 cm³/mol. The lowest BCUT2D eigenvalue weighted by Gasteiger charge is -2.36. The molecule has 1 fully saturated rings. The number of piperazine rings is 1. The maximum Gasteiger partial charge on any atom is 0.234 e. The smallest absolute Gasteiger partial charge is 0.234 e. The third kappa shape index (κ3) is 4.84. The Bertz CT molecular complexity index is 766. The second-order valence-electron chi connectivity index (χ2n) is 6.77. The summed E-state index contributed by atoms with van der Waals surface area (Å²) < 4.78 is 18.6. The third-order valence-electron chi connectivity index (χ3n) is 4.95. The van der Waals surface area contributed by atoms with E-state index in [4.69, 9.17) is 4.74 Å². The molecule has 0 aromatic heterocycles. The molecule has 6 heteroatoms. The highest BCUT2D eigenvalue weighted by Crippen LogP contribution is 2.29.